The summed E-state index contributed by atoms with van der Waals surface area (Å²) in [5.41, 5.74) is 15.8. The number of hydrogen-bond acceptors (Lipinski definition) is 14. The Labute approximate surface area is 344 Å². The topological polar surface area (TPSA) is 239 Å². The Bertz CT molecular complexity index is 2470. The van der Waals surface area contributed by atoms with Crippen LogP contribution in [0.3, 0.4) is 0 Å². The van der Waals surface area contributed by atoms with E-state index in [2.05, 4.69) is 53.6 Å². The Morgan fingerprint density at radius 2 is 1.03 bits per heavy atom. The Hall–Kier alpha value is -5.72. The molecule has 0 unspecified atom stereocenters. The van der Waals surface area contributed by atoms with Gasteiger partial charge in [-0.2, -0.15) is 9.97 Å². The van der Waals surface area contributed by atoms with E-state index in [1.165, 1.54) is 13.8 Å². The molecule has 304 valence electrons. The highest BCUT2D eigenvalue weighted by molar-refractivity contribution is 6.35. The Balaban J connectivity index is 0.000000221. The first-order valence-electron chi connectivity index (χ1n) is 17.7. The van der Waals surface area contributed by atoms with E-state index in [-0.39, 0.29) is 22.2 Å². The number of nitrogen functional groups attached to an aromatic ring is 2. The largest absolute Gasteiger partial charge is 0.496 e. The third-order valence-corrected chi connectivity index (χ3v) is 9.61. The second kappa shape index (κ2) is 17.4. The molecule has 0 aliphatic heterocycles. The number of fused-ring (bicyclic) bond motifs is 2. The predicted octanol–water partition coefficient (Wildman–Crippen LogP) is 3.66. The minimum Gasteiger partial charge on any atom is -0.496 e. The molecule has 8 N–H and O–H groups in total. The van der Waals surface area contributed by atoms with Crippen LogP contribution in [-0.2, 0) is 13.1 Å². The summed E-state index contributed by atoms with van der Waals surface area (Å²) in [6.07, 6.45) is 7.00. The Morgan fingerprint density at radius 3 is 1.36 bits per heavy atom. The van der Waals surface area contributed by atoms with Crippen LogP contribution in [0.25, 0.3) is 22.1 Å². The molecule has 0 saturated carbocycles. The number of nitrogens with zero attached hydrogens (tertiary/aromatic N) is 8. The number of methoxy groups -OCH3 is 2. The molecule has 0 fully saturated rings. The minimum absolute atomic E-state index is 0.0369. The number of halogens is 2. The Morgan fingerprint density at radius 1 is 0.672 bits per heavy atom. The van der Waals surface area contributed by atoms with Gasteiger partial charge in [-0.3, -0.25) is 9.97 Å². The molecular weight excluding hydrogens is 787 g/mol. The van der Waals surface area contributed by atoms with Crippen molar-refractivity contribution >= 4 is 57.2 Å². The quantitative estimate of drug-likeness (QED) is 0.0949. The van der Waals surface area contributed by atoms with Crippen LogP contribution in [-0.4, -0.2) is 98.1 Å². The second-order valence-electron chi connectivity index (χ2n) is 13.9. The van der Waals surface area contributed by atoms with Crippen molar-refractivity contribution in [2.24, 2.45) is 0 Å². The molecule has 2 atom stereocenters. The Kier molecular flexibility index (Phi) is 13.0. The van der Waals surface area contributed by atoms with Crippen LogP contribution in [0.2, 0.25) is 10.3 Å². The van der Waals surface area contributed by atoms with Gasteiger partial charge in [0.1, 0.15) is 44.3 Å². The fourth-order valence-electron chi connectivity index (χ4n) is 6.02. The van der Waals surface area contributed by atoms with Gasteiger partial charge in [0, 0.05) is 47.0 Å². The van der Waals surface area contributed by atoms with E-state index in [1.807, 2.05) is 36.8 Å². The number of pyridine rings is 2. The normalized spacial score (nSPS) is 13.1. The van der Waals surface area contributed by atoms with Gasteiger partial charge in [-0.25, -0.2) is 9.97 Å². The van der Waals surface area contributed by atoms with Crippen LogP contribution in [0.1, 0.15) is 58.6 Å². The van der Waals surface area contributed by atoms with Crippen molar-refractivity contribution in [3.8, 4) is 35.2 Å². The first kappa shape index (κ1) is 43.4. The van der Waals surface area contributed by atoms with Crippen LogP contribution < -0.4 is 20.9 Å². The highest BCUT2D eigenvalue weighted by Gasteiger charge is 2.21. The number of hydrogen-bond donors (Lipinski definition) is 6. The summed E-state index contributed by atoms with van der Waals surface area (Å²) in [6, 6.07) is 0. The molecule has 0 aliphatic rings. The maximum Gasteiger partial charge on any atom is 0.223 e. The van der Waals surface area contributed by atoms with E-state index in [9.17, 15) is 20.4 Å². The molecule has 0 saturated heterocycles. The lowest BCUT2D eigenvalue weighted by Crippen LogP contribution is -2.26. The predicted molar refractivity (Wildman–Crippen MR) is 222 cm³/mol. The molecule has 0 aromatic carbocycles. The SMILES string of the molecule is COc1c(C)cnc(Cn2cc(C#C[C@@](C)(O)CO)c3c(Cl)nc(N)nc32)c1C.COc1c(C)cnc(Cn2cc(C#C[C@](C)(O)CO)c3c(Cl)nc(N)nc32)c1C. The van der Waals surface area contributed by atoms with Gasteiger partial charge in [0.05, 0.1) is 73.8 Å². The maximum absolute atomic E-state index is 9.99. The van der Waals surface area contributed by atoms with Gasteiger partial charge >= 0.3 is 0 Å². The third-order valence-electron chi connectivity index (χ3n) is 9.07. The maximum atomic E-state index is 9.99. The van der Waals surface area contributed by atoms with Gasteiger partial charge in [-0.1, -0.05) is 46.9 Å². The number of aromatic nitrogens is 8. The van der Waals surface area contributed by atoms with Crippen LogP contribution in [0.15, 0.2) is 24.8 Å². The van der Waals surface area contributed by atoms with Crippen molar-refractivity contribution in [1.82, 2.24) is 39.0 Å². The fraction of sp³-hybridized carbons (Fsp3) is 0.350. The molecule has 0 spiro atoms. The number of aliphatic hydroxyl groups is 4. The summed E-state index contributed by atoms with van der Waals surface area (Å²) in [5.74, 6) is 12.6. The molecular formula is C40H44Cl2N10O6. The number of aliphatic hydroxyl groups excluding tert-OH is 2. The van der Waals surface area contributed by atoms with E-state index in [1.54, 1.807) is 39.0 Å². The molecule has 18 heteroatoms. The van der Waals surface area contributed by atoms with Gasteiger partial charge in [-0.05, 0) is 41.5 Å². The number of aryl methyl sites for hydroxylation is 2. The molecule has 16 nitrogen and oxygen atoms in total. The highest BCUT2D eigenvalue weighted by atomic mass is 35.5. The highest BCUT2D eigenvalue weighted by Crippen LogP contribution is 2.31. The summed E-state index contributed by atoms with van der Waals surface area (Å²) in [6.45, 7) is 10.3. The number of anilines is 2. The minimum atomic E-state index is -1.54. The van der Waals surface area contributed by atoms with Gasteiger partial charge in [0.2, 0.25) is 11.9 Å². The van der Waals surface area contributed by atoms with Gasteiger partial charge in [0.25, 0.3) is 0 Å². The first-order valence-corrected chi connectivity index (χ1v) is 18.4. The third kappa shape index (κ3) is 9.35. The van der Waals surface area contributed by atoms with Crippen LogP contribution in [0.4, 0.5) is 11.9 Å². The second-order valence-corrected chi connectivity index (χ2v) is 14.7. The van der Waals surface area contributed by atoms with Crippen molar-refractivity contribution < 1.29 is 29.9 Å². The zero-order chi connectivity index (χ0) is 42.7. The van der Waals surface area contributed by atoms with Crippen molar-refractivity contribution in [2.75, 3.05) is 38.9 Å². The molecule has 0 radical (unpaired) electrons. The average Bonchev–Trinajstić information content (AvgIpc) is 3.70. The number of nitrogens with two attached hydrogens (primary N) is 2. The summed E-state index contributed by atoms with van der Waals surface area (Å²) in [4.78, 5) is 25.7. The molecule has 6 heterocycles. The molecule has 6 rings (SSSR count). The monoisotopic (exact) mass is 830 g/mol. The molecule has 0 amide bonds. The summed E-state index contributed by atoms with van der Waals surface area (Å²) < 4.78 is 14.6. The smallest absolute Gasteiger partial charge is 0.223 e. The molecule has 0 bridgehead atoms. The van der Waals surface area contributed by atoms with E-state index in [4.69, 9.17) is 44.1 Å². The van der Waals surface area contributed by atoms with Crippen molar-refractivity contribution in [2.45, 2.75) is 65.8 Å². The van der Waals surface area contributed by atoms with Gasteiger partial charge in [-0.15, -0.1) is 0 Å². The van der Waals surface area contributed by atoms with E-state index in [0.717, 1.165) is 45.1 Å². The fourth-order valence-corrected chi connectivity index (χ4v) is 6.56. The van der Waals surface area contributed by atoms with Crippen molar-refractivity contribution in [1.29, 1.82) is 0 Å². The van der Waals surface area contributed by atoms with Gasteiger partial charge in [0.15, 0.2) is 0 Å². The summed E-state index contributed by atoms with van der Waals surface area (Å²) in [7, 11) is 3.25. The van der Waals surface area contributed by atoms with Crippen LogP contribution in [0.5, 0.6) is 11.5 Å². The van der Waals surface area contributed by atoms with Crippen LogP contribution >= 0.6 is 23.2 Å². The number of ether oxygens (including phenoxy) is 2. The summed E-state index contributed by atoms with van der Waals surface area (Å²) in [5, 5.41) is 39.8. The van der Waals surface area contributed by atoms with E-state index >= 15 is 0 Å². The average molecular weight is 832 g/mol. The summed E-state index contributed by atoms with van der Waals surface area (Å²) >= 11 is 12.6. The molecule has 6 aromatic heterocycles. The molecule has 0 aliphatic carbocycles. The zero-order valence-electron chi connectivity index (χ0n) is 33.2. The van der Waals surface area contributed by atoms with Gasteiger partial charge < -0.3 is 50.5 Å². The number of rotatable bonds is 8. The lowest BCUT2D eigenvalue weighted by molar-refractivity contribution is 0.0517. The van der Waals surface area contributed by atoms with E-state index in [0.29, 0.717) is 46.3 Å². The van der Waals surface area contributed by atoms with Crippen LogP contribution in [0, 0.1) is 51.4 Å². The lowest BCUT2D eigenvalue weighted by atomic mass is 10.1. The van der Waals surface area contributed by atoms with Crippen molar-refractivity contribution in [3.63, 3.8) is 0 Å². The first-order chi connectivity index (χ1) is 27.3. The standard InChI is InChI=1S/2C20H22ClN5O3/c2*1-11-7-23-14(12(2)16(11)29-4)9-26-8-13(5-6-20(3,28)10-27)15-17(21)24-19(22)25-18(15)26/h2*7-8,27-28H,9-10H2,1-4H3,(H2,22,24,25)/t2*20-/m10/s1. The van der Waals surface area contributed by atoms with Crippen molar-refractivity contribution in [3.05, 3.63) is 79.9 Å². The molecule has 6 aromatic rings. The lowest BCUT2D eigenvalue weighted by Gasteiger charge is -2.13. The van der Waals surface area contributed by atoms with E-state index < -0.39 is 24.4 Å². The molecule has 58 heavy (non-hydrogen) atoms. The zero-order valence-corrected chi connectivity index (χ0v) is 34.7.